The molecule has 0 radical (unpaired) electrons. The lowest BCUT2D eigenvalue weighted by Gasteiger charge is -1.91. The number of aromatic carboxylic acids is 1. The molecule has 0 atom stereocenters. The molecule has 13 heavy (non-hydrogen) atoms. The maximum Gasteiger partial charge on any atom is 0.137 e. The van der Waals surface area contributed by atoms with Gasteiger partial charge in [-0.3, -0.25) is 0 Å². The Morgan fingerprint density at radius 3 is 2.92 bits per heavy atom. The first kappa shape index (κ1) is 8.07. The van der Waals surface area contributed by atoms with Gasteiger partial charge in [-0.05, 0) is 12.1 Å². The minimum Gasteiger partial charge on any atom is -0.543 e. The second-order valence-electron chi connectivity index (χ2n) is 2.53. The standard InChI is InChI=1S/C8H5ClN2O2/c9-5-1-2-7-10-6(8(12)13)4-11(7)3-5/h1-4H,(H,12,13)/p-1. The first-order valence-corrected chi connectivity index (χ1v) is 3.90. The Balaban J connectivity index is 2.68. The van der Waals surface area contributed by atoms with Crippen LogP contribution >= 0.6 is 11.6 Å². The van der Waals surface area contributed by atoms with E-state index in [9.17, 15) is 9.90 Å². The quantitative estimate of drug-likeness (QED) is 0.660. The summed E-state index contributed by atoms with van der Waals surface area (Å²) in [6.07, 6.45) is 2.94. The highest BCUT2D eigenvalue weighted by Crippen LogP contribution is 2.11. The Labute approximate surface area is 78.4 Å². The predicted octanol–water partition coefficient (Wildman–Crippen LogP) is 0.351. The lowest BCUT2D eigenvalue weighted by Crippen LogP contribution is -2.22. The first-order valence-electron chi connectivity index (χ1n) is 3.52. The first-order chi connectivity index (χ1) is 6.16. The van der Waals surface area contributed by atoms with Crippen molar-refractivity contribution >= 4 is 23.2 Å². The van der Waals surface area contributed by atoms with Crippen LogP contribution in [0.2, 0.25) is 5.02 Å². The van der Waals surface area contributed by atoms with Crippen molar-refractivity contribution in [3.63, 3.8) is 0 Å². The Morgan fingerprint density at radius 1 is 1.46 bits per heavy atom. The summed E-state index contributed by atoms with van der Waals surface area (Å²) in [7, 11) is 0. The second-order valence-corrected chi connectivity index (χ2v) is 2.96. The van der Waals surface area contributed by atoms with Crippen LogP contribution in [-0.4, -0.2) is 15.4 Å². The number of carbonyl (C=O) groups is 1. The fourth-order valence-corrected chi connectivity index (χ4v) is 1.23. The molecule has 0 N–H and O–H groups in total. The van der Waals surface area contributed by atoms with Crippen molar-refractivity contribution in [2.75, 3.05) is 0 Å². The zero-order valence-corrected chi connectivity index (χ0v) is 7.15. The lowest BCUT2D eigenvalue weighted by atomic mass is 10.5. The highest BCUT2D eigenvalue weighted by molar-refractivity contribution is 6.30. The summed E-state index contributed by atoms with van der Waals surface area (Å²) in [6.45, 7) is 0. The molecule has 0 aliphatic rings. The van der Waals surface area contributed by atoms with Crippen molar-refractivity contribution < 1.29 is 9.90 Å². The topological polar surface area (TPSA) is 57.4 Å². The van der Waals surface area contributed by atoms with Crippen LogP contribution in [0, 0.1) is 0 Å². The highest BCUT2D eigenvalue weighted by atomic mass is 35.5. The van der Waals surface area contributed by atoms with E-state index in [1.807, 2.05) is 0 Å². The smallest absolute Gasteiger partial charge is 0.137 e. The fraction of sp³-hybridized carbons (Fsp3) is 0. The monoisotopic (exact) mass is 195 g/mol. The molecule has 4 nitrogen and oxygen atoms in total. The maximum absolute atomic E-state index is 10.4. The van der Waals surface area contributed by atoms with Crippen LogP contribution in [0.1, 0.15) is 10.5 Å². The number of carboxylic acid groups (broad SMARTS) is 1. The molecule has 0 aromatic carbocycles. The number of rotatable bonds is 1. The molecule has 2 aromatic heterocycles. The van der Waals surface area contributed by atoms with Gasteiger partial charge in [-0.15, -0.1) is 0 Å². The summed E-state index contributed by atoms with van der Waals surface area (Å²) >= 11 is 5.70. The van der Waals surface area contributed by atoms with E-state index < -0.39 is 5.97 Å². The van der Waals surface area contributed by atoms with Crippen molar-refractivity contribution in [1.82, 2.24) is 9.38 Å². The SMILES string of the molecule is O=C([O-])c1cn2cc(Cl)ccc2n1. The summed E-state index contributed by atoms with van der Waals surface area (Å²) in [5.41, 5.74) is 0.436. The Kier molecular flexibility index (Phi) is 1.70. The van der Waals surface area contributed by atoms with E-state index in [1.165, 1.54) is 10.6 Å². The molecule has 0 amide bonds. The predicted molar refractivity (Wildman–Crippen MR) is 44.5 cm³/mol. The highest BCUT2D eigenvalue weighted by Gasteiger charge is 2.01. The molecule has 0 spiro atoms. The van der Waals surface area contributed by atoms with Crippen molar-refractivity contribution in [2.45, 2.75) is 0 Å². The van der Waals surface area contributed by atoms with Gasteiger partial charge in [-0.2, -0.15) is 0 Å². The number of halogens is 1. The molecule has 2 heterocycles. The van der Waals surface area contributed by atoms with Gasteiger partial charge in [-0.1, -0.05) is 11.6 Å². The van der Waals surface area contributed by atoms with Crippen molar-refractivity contribution in [3.05, 3.63) is 35.2 Å². The van der Waals surface area contributed by atoms with Crippen LogP contribution in [0.15, 0.2) is 24.5 Å². The van der Waals surface area contributed by atoms with E-state index in [0.717, 1.165) is 0 Å². The molecule has 0 saturated carbocycles. The number of hydrogen-bond donors (Lipinski definition) is 0. The largest absolute Gasteiger partial charge is 0.543 e. The van der Waals surface area contributed by atoms with Gasteiger partial charge in [0.1, 0.15) is 11.3 Å². The van der Waals surface area contributed by atoms with Gasteiger partial charge in [0.15, 0.2) is 0 Å². The Bertz CT molecular complexity index is 478. The maximum atomic E-state index is 10.4. The molecule has 0 unspecified atom stereocenters. The second kappa shape index (κ2) is 2.74. The van der Waals surface area contributed by atoms with Crippen LogP contribution in [0.4, 0.5) is 0 Å². The number of pyridine rings is 1. The minimum atomic E-state index is -1.29. The summed E-state index contributed by atoms with van der Waals surface area (Å²) in [5.74, 6) is -1.29. The van der Waals surface area contributed by atoms with Crippen molar-refractivity contribution in [3.8, 4) is 0 Å². The summed E-state index contributed by atoms with van der Waals surface area (Å²) in [5, 5.41) is 11.0. The molecular formula is C8H4ClN2O2-. The number of imidazole rings is 1. The molecule has 66 valence electrons. The molecule has 2 aromatic rings. The van der Waals surface area contributed by atoms with E-state index in [0.29, 0.717) is 10.7 Å². The average Bonchev–Trinajstić information content (AvgIpc) is 2.46. The van der Waals surface area contributed by atoms with Crippen molar-refractivity contribution in [1.29, 1.82) is 0 Å². The van der Waals surface area contributed by atoms with Gasteiger partial charge < -0.3 is 14.3 Å². The Hall–Kier alpha value is -1.55. The number of hydrogen-bond acceptors (Lipinski definition) is 3. The minimum absolute atomic E-state index is 0.0951. The molecule has 0 bridgehead atoms. The van der Waals surface area contributed by atoms with Gasteiger partial charge in [0.2, 0.25) is 0 Å². The van der Waals surface area contributed by atoms with Gasteiger partial charge >= 0.3 is 0 Å². The van der Waals surface area contributed by atoms with Gasteiger partial charge in [0.05, 0.1) is 11.0 Å². The summed E-state index contributed by atoms with van der Waals surface area (Å²) < 4.78 is 1.54. The van der Waals surface area contributed by atoms with Crippen LogP contribution in [0.25, 0.3) is 5.65 Å². The van der Waals surface area contributed by atoms with E-state index in [-0.39, 0.29) is 5.69 Å². The number of carbonyl (C=O) groups excluding carboxylic acids is 1. The van der Waals surface area contributed by atoms with Gasteiger partial charge in [-0.25, -0.2) is 4.98 Å². The van der Waals surface area contributed by atoms with Gasteiger partial charge in [0, 0.05) is 12.4 Å². The van der Waals surface area contributed by atoms with E-state index >= 15 is 0 Å². The number of aromatic nitrogens is 2. The molecule has 5 heteroatoms. The van der Waals surface area contributed by atoms with E-state index in [2.05, 4.69) is 4.98 Å². The van der Waals surface area contributed by atoms with Crippen LogP contribution < -0.4 is 5.11 Å². The van der Waals surface area contributed by atoms with Crippen LogP contribution in [-0.2, 0) is 0 Å². The molecule has 0 aliphatic heterocycles. The third kappa shape index (κ3) is 1.36. The molecule has 2 rings (SSSR count). The van der Waals surface area contributed by atoms with Crippen LogP contribution in [0.5, 0.6) is 0 Å². The number of carboxylic acids is 1. The summed E-state index contributed by atoms with van der Waals surface area (Å²) in [4.78, 5) is 14.2. The van der Waals surface area contributed by atoms with Crippen molar-refractivity contribution in [2.24, 2.45) is 0 Å². The molecule has 0 fully saturated rings. The molecule has 0 aliphatic carbocycles. The van der Waals surface area contributed by atoms with Crippen LogP contribution in [0.3, 0.4) is 0 Å². The Morgan fingerprint density at radius 2 is 2.23 bits per heavy atom. The number of nitrogens with zero attached hydrogens (tertiary/aromatic N) is 2. The average molecular weight is 196 g/mol. The normalized spacial score (nSPS) is 10.5. The third-order valence-corrected chi connectivity index (χ3v) is 1.85. The lowest BCUT2D eigenvalue weighted by molar-refractivity contribution is -0.255. The van der Waals surface area contributed by atoms with Gasteiger partial charge in [0.25, 0.3) is 0 Å². The molecule has 0 saturated heterocycles. The fourth-order valence-electron chi connectivity index (χ4n) is 1.06. The zero-order valence-electron chi connectivity index (χ0n) is 6.40. The van der Waals surface area contributed by atoms with E-state index in [4.69, 9.17) is 11.6 Å². The summed E-state index contributed by atoms with van der Waals surface area (Å²) in [6, 6.07) is 3.28. The number of fused-ring (bicyclic) bond motifs is 1. The molecular weight excluding hydrogens is 192 g/mol. The zero-order chi connectivity index (χ0) is 9.42. The third-order valence-electron chi connectivity index (χ3n) is 1.62. The van der Waals surface area contributed by atoms with E-state index in [1.54, 1.807) is 18.3 Å².